The molecule has 4 rings (SSSR count). The molecule has 2 heterocycles. The van der Waals surface area contributed by atoms with Gasteiger partial charge in [-0.1, -0.05) is 24.3 Å². The van der Waals surface area contributed by atoms with Gasteiger partial charge in [-0.25, -0.2) is 0 Å². The Morgan fingerprint density at radius 1 is 1.05 bits per heavy atom. The maximum atomic E-state index is 11.9. The molecule has 0 fully saturated rings. The van der Waals surface area contributed by atoms with E-state index in [0.29, 0.717) is 10.8 Å². The molecule has 0 aliphatic heterocycles. The quantitative estimate of drug-likeness (QED) is 0.555. The maximum absolute atomic E-state index is 11.9. The Hall–Kier alpha value is -2.59. The predicted octanol–water partition coefficient (Wildman–Crippen LogP) is 4.12. The number of nitrogens with one attached hydrogen (secondary N) is 1. The number of hydrogen-bond donors (Lipinski definition) is 2. The van der Waals surface area contributed by atoms with Crippen molar-refractivity contribution in [1.82, 2.24) is 4.98 Å². The minimum Gasteiger partial charge on any atom is -0.507 e. The summed E-state index contributed by atoms with van der Waals surface area (Å²) in [6, 6.07) is 15.2. The van der Waals surface area contributed by atoms with E-state index in [9.17, 15) is 9.90 Å². The van der Waals surface area contributed by atoms with Crippen LogP contribution in [0.25, 0.3) is 31.3 Å². The number of H-pyrrole nitrogens is 1. The molecule has 4 heteroatoms. The van der Waals surface area contributed by atoms with Gasteiger partial charge in [0.05, 0.1) is 5.39 Å². The van der Waals surface area contributed by atoms with Gasteiger partial charge < -0.3 is 10.1 Å². The number of pyridine rings is 1. The molecule has 0 atom stereocenters. The number of fused-ring (bicyclic) bond motifs is 2. The highest BCUT2D eigenvalue weighted by Crippen LogP contribution is 2.38. The van der Waals surface area contributed by atoms with Crippen LogP contribution in [0.4, 0.5) is 0 Å². The summed E-state index contributed by atoms with van der Waals surface area (Å²) in [5, 5.41) is 12.4. The van der Waals surface area contributed by atoms with Crippen molar-refractivity contribution in [1.29, 1.82) is 0 Å². The number of aromatic amines is 1. The molecule has 0 bridgehead atoms. The zero-order valence-corrected chi connectivity index (χ0v) is 11.8. The third-order valence-corrected chi connectivity index (χ3v) is 4.74. The van der Waals surface area contributed by atoms with Gasteiger partial charge in [-0.15, -0.1) is 11.3 Å². The second-order valence-corrected chi connectivity index (χ2v) is 5.96. The first-order valence-corrected chi connectivity index (χ1v) is 7.38. The molecule has 2 aromatic heterocycles. The Balaban J connectivity index is 2.11. The summed E-state index contributed by atoms with van der Waals surface area (Å²) >= 11 is 1.65. The SMILES string of the molecule is O=c1[nH]cc(-c2cc3ccccc3s2)c2c(O)cccc12. The Morgan fingerprint density at radius 3 is 2.76 bits per heavy atom. The lowest BCUT2D eigenvalue weighted by molar-refractivity contribution is 0.481. The number of thiophene rings is 1. The van der Waals surface area contributed by atoms with Gasteiger partial charge in [0.2, 0.25) is 0 Å². The van der Waals surface area contributed by atoms with Crippen LogP contribution >= 0.6 is 11.3 Å². The van der Waals surface area contributed by atoms with E-state index in [2.05, 4.69) is 23.2 Å². The number of phenols is 1. The average molecular weight is 293 g/mol. The molecule has 0 aliphatic carbocycles. The van der Waals surface area contributed by atoms with Crippen molar-refractivity contribution in [3.63, 3.8) is 0 Å². The first kappa shape index (κ1) is 12.2. The van der Waals surface area contributed by atoms with Crippen molar-refractivity contribution in [2.24, 2.45) is 0 Å². The number of phenolic OH excluding ortho intramolecular Hbond substituents is 1. The molecule has 0 saturated heterocycles. The fourth-order valence-electron chi connectivity index (χ4n) is 2.61. The van der Waals surface area contributed by atoms with Crippen LogP contribution < -0.4 is 5.56 Å². The highest BCUT2D eigenvalue weighted by atomic mass is 32.1. The van der Waals surface area contributed by atoms with Crippen LogP contribution in [-0.4, -0.2) is 10.1 Å². The second-order valence-electron chi connectivity index (χ2n) is 4.88. The van der Waals surface area contributed by atoms with Gasteiger partial charge in [-0.3, -0.25) is 4.79 Å². The molecule has 0 unspecified atom stereocenters. The van der Waals surface area contributed by atoms with Gasteiger partial charge in [-0.2, -0.15) is 0 Å². The second kappa shape index (κ2) is 4.46. The van der Waals surface area contributed by atoms with Crippen LogP contribution in [0.1, 0.15) is 0 Å². The largest absolute Gasteiger partial charge is 0.507 e. The van der Waals surface area contributed by atoms with Crippen molar-refractivity contribution in [2.75, 3.05) is 0 Å². The van der Waals surface area contributed by atoms with Crippen molar-refractivity contribution in [3.05, 3.63) is 65.1 Å². The molecule has 0 radical (unpaired) electrons. The maximum Gasteiger partial charge on any atom is 0.255 e. The molecular formula is C17H11NO2S. The van der Waals surface area contributed by atoms with Crippen LogP contribution in [0.3, 0.4) is 0 Å². The van der Waals surface area contributed by atoms with Crippen LogP contribution in [0.5, 0.6) is 5.75 Å². The number of aromatic nitrogens is 1. The molecule has 2 aromatic carbocycles. The van der Waals surface area contributed by atoms with Crippen molar-refractivity contribution < 1.29 is 5.11 Å². The van der Waals surface area contributed by atoms with E-state index in [1.807, 2.05) is 12.1 Å². The lowest BCUT2D eigenvalue weighted by atomic mass is 10.1. The molecule has 4 aromatic rings. The van der Waals surface area contributed by atoms with E-state index < -0.39 is 0 Å². The average Bonchev–Trinajstić information content (AvgIpc) is 2.92. The van der Waals surface area contributed by atoms with Crippen LogP contribution in [0.2, 0.25) is 0 Å². The normalized spacial score (nSPS) is 11.2. The van der Waals surface area contributed by atoms with E-state index in [1.165, 1.54) is 4.70 Å². The van der Waals surface area contributed by atoms with Crippen molar-refractivity contribution in [2.45, 2.75) is 0 Å². The smallest absolute Gasteiger partial charge is 0.255 e. The van der Waals surface area contributed by atoms with Gasteiger partial charge in [0.25, 0.3) is 5.56 Å². The molecule has 0 spiro atoms. The molecule has 0 amide bonds. The third kappa shape index (κ3) is 1.84. The lowest BCUT2D eigenvalue weighted by Crippen LogP contribution is -2.05. The first-order valence-electron chi connectivity index (χ1n) is 6.56. The molecule has 3 nitrogen and oxygen atoms in total. The van der Waals surface area contributed by atoms with E-state index in [4.69, 9.17) is 0 Å². The van der Waals surface area contributed by atoms with Crippen molar-refractivity contribution >= 4 is 32.2 Å². The monoisotopic (exact) mass is 293 g/mol. The highest BCUT2D eigenvalue weighted by Gasteiger charge is 2.12. The minimum atomic E-state index is -0.189. The van der Waals surface area contributed by atoms with Gasteiger partial charge in [0.1, 0.15) is 5.75 Å². The Bertz CT molecular complexity index is 997. The minimum absolute atomic E-state index is 0.131. The standard InChI is InChI=1S/C17H11NO2S/c19-13-6-3-5-11-16(13)12(9-18-17(11)20)15-8-10-4-1-2-7-14(10)21-15/h1-9,19H,(H,18,20). The predicted molar refractivity (Wildman–Crippen MR) is 87.1 cm³/mol. The zero-order valence-electron chi connectivity index (χ0n) is 11.0. The summed E-state index contributed by atoms with van der Waals surface area (Å²) in [6.07, 6.45) is 1.68. The summed E-state index contributed by atoms with van der Waals surface area (Å²) in [5.74, 6) is 0.131. The molecule has 0 aliphatic rings. The molecule has 21 heavy (non-hydrogen) atoms. The summed E-state index contributed by atoms with van der Waals surface area (Å²) < 4.78 is 1.18. The molecular weight excluding hydrogens is 282 g/mol. The van der Waals surface area contributed by atoms with Crippen LogP contribution in [0, 0.1) is 0 Å². The summed E-state index contributed by atoms with van der Waals surface area (Å²) in [6.45, 7) is 0. The molecule has 0 saturated carbocycles. The van der Waals surface area contributed by atoms with Crippen molar-refractivity contribution in [3.8, 4) is 16.2 Å². The van der Waals surface area contributed by atoms with Gasteiger partial charge in [0, 0.05) is 26.7 Å². The first-order chi connectivity index (χ1) is 10.2. The number of benzene rings is 2. The highest BCUT2D eigenvalue weighted by molar-refractivity contribution is 7.22. The fourth-order valence-corrected chi connectivity index (χ4v) is 3.69. The zero-order chi connectivity index (χ0) is 14.4. The topological polar surface area (TPSA) is 53.1 Å². The lowest BCUT2D eigenvalue weighted by Gasteiger charge is -2.05. The number of rotatable bonds is 1. The van der Waals surface area contributed by atoms with E-state index in [-0.39, 0.29) is 11.3 Å². The number of aromatic hydroxyl groups is 1. The van der Waals surface area contributed by atoms with Crippen LogP contribution in [-0.2, 0) is 0 Å². The van der Waals surface area contributed by atoms with Crippen LogP contribution in [0.15, 0.2) is 59.5 Å². The van der Waals surface area contributed by atoms with Gasteiger partial charge >= 0.3 is 0 Å². The summed E-state index contributed by atoms with van der Waals surface area (Å²) in [7, 11) is 0. The van der Waals surface area contributed by atoms with E-state index >= 15 is 0 Å². The summed E-state index contributed by atoms with van der Waals surface area (Å²) in [4.78, 5) is 15.7. The molecule has 102 valence electrons. The molecule has 2 N–H and O–H groups in total. The van der Waals surface area contributed by atoms with Gasteiger partial charge in [-0.05, 0) is 29.7 Å². The summed E-state index contributed by atoms with van der Waals surface area (Å²) in [5.41, 5.74) is 0.662. The van der Waals surface area contributed by atoms with E-state index in [1.54, 1.807) is 35.7 Å². The van der Waals surface area contributed by atoms with E-state index in [0.717, 1.165) is 15.8 Å². The third-order valence-electron chi connectivity index (χ3n) is 3.60. The fraction of sp³-hybridized carbons (Fsp3) is 0. The Kier molecular flexibility index (Phi) is 2.59. The number of hydrogen-bond acceptors (Lipinski definition) is 3. The Labute approximate surface area is 124 Å². The van der Waals surface area contributed by atoms with Gasteiger partial charge in [0.15, 0.2) is 0 Å². The Morgan fingerprint density at radius 2 is 1.90 bits per heavy atom.